The van der Waals surface area contributed by atoms with Crippen molar-refractivity contribution in [3.63, 3.8) is 0 Å². The molecule has 1 unspecified atom stereocenters. The summed E-state index contributed by atoms with van der Waals surface area (Å²) < 4.78 is 1.71. The van der Waals surface area contributed by atoms with Crippen molar-refractivity contribution in [1.29, 1.82) is 0 Å². The number of hydrogen-bond donors (Lipinski definition) is 1. The zero-order valence-corrected chi connectivity index (χ0v) is 14.4. The molecule has 1 aromatic heterocycles. The smallest absolute Gasteiger partial charge is 0.256 e. The number of carbonyl (C=O) groups excluding carboxylic acids is 1. The van der Waals surface area contributed by atoms with Gasteiger partial charge in [0, 0.05) is 13.1 Å². The molecule has 2 aromatic rings. The molecule has 1 atom stereocenters. The highest BCUT2D eigenvalue weighted by Gasteiger charge is 2.40. The van der Waals surface area contributed by atoms with Crippen LogP contribution in [0.3, 0.4) is 0 Å². The molecule has 0 aliphatic carbocycles. The van der Waals surface area contributed by atoms with E-state index in [-0.39, 0.29) is 5.91 Å². The maximum atomic E-state index is 12.4. The molecule has 0 saturated carbocycles. The Labute approximate surface area is 146 Å². The molecular weight excluding hydrogens is 324 g/mol. The van der Waals surface area contributed by atoms with Crippen molar-refractivity contribution in [2.24, 2.45) is 0 Å². The van der Waals surface area contributed by atoms with E-state index in [4.69, 9.17) is 12.2 Å². The van der Waals surface area contributed by atoms with Crippen molar-refractivity contribution in [1.82, 2.24) is 30.4 Å². The number of carbonyl (C=O) groups is 1. The van der Waals surface area contributed by atoms with Gasteiger partial charge >= 0.3 is 0 Å². The number of hydrogen-bond acceptors (Lipinski definition) is 5. The molecule has 1 aliphatic heterocycles. The number of aryl methyl sites for hydroxylation is 1. The predicted molar refractivity (Wildman–Crippen MR) is 93.1 cm³/mol. The van der Waals surface area contributed by atoms with Gasteiger partial charge in [-0.2, -0.15) is 0 Å². The molecule has 126 valence electrons. The first-order chi connectivity index (χ1) is 11.7. The average molecular weight is 344 g/mol. The van der Waals surface area contributed by atoms with Crippen LogP contribution in [-0.4, -0.2) is 42.7 Å². The molecule has 1 aliphatic rings. The van der Waals surface area contributed by atoms with Crippen molar-refractivity contribution < 1.29 is 4.79 Å². The second-order valence-electron chi connectivity index (χ2n) is 5.74. The van der Waals surface area contributed by atoms with Crippen LogP contribution < -0.4 is 5.32 Å². The molecule has 0 bridgehead atoms. The van der Waals surface area contributed by atoms with E-state index in [9.17, 15) is 4.79 Å². The second kappa shape index (κ2) is 7.48. The summed E-state index contributed by atoms with van der Waals surface area (Å²) in [6.45, 7) is 3.43. The summed E-state index contributed by atoms with van der Waals surface area (Å²) in [5, 5.41) is 15.0. The quantitative estimate of drug-likeness (QED) is 0.767. The predicted octanol–water partition coefficient (Wildman–Crippen LogP) is 1.47. The van der Waals surface area contributed by atoms with Gasteiger partial charge in [-0.1, -0.05) is 43.7 Å². The van der Waals surface area contributed by atoms with Gasteiger partial charge in [0.25, 0.3) is 5.91 Å². The molecule has 0 spiro atoms. The number of amides is 1. The van der Waals surface area contributed by atoms with Crippen molar-refractivity contribution in [2.75, 3.05) is 6.54 Å². The van der Waals surface area contributed by atoms with Crippen LogP contribution in [0.15, 0.2) is 30.3 Å². The Hall–Kier alpha value is -2.35. The number of nitrogens with one attached hydrogen (secondary N) is 1. The summed E-state index contributed by atoms with van der Waals surface area (Å²) in [5.41, 5.74) is 1.20. The summed E-state index contributed by atoms with van der Waals surface area (Å²) >= 11 is 5.33. The maximum absolute atomic E-state index is 12.4. The summed E-state index contributed by atoms with van der Waals surface area (Å²) in [4.78, 5) is 14.3. The van der Waals surface area contributed by atoms with Crippen LogP contribution in [0.2, 0.25) is 0 Å². The van der Waals surface area contributed by atoms with Gasteiger partial charge in [0.15, 0.2) is 17.0 Å². The molecule has 24 heavy (non-hydrogen) atoms. The van der Waals surface area contributed by atoms with E-state index in [1.54, 1.807) is 4.68 Å². The van der Waals surface area contributed by atoms with Crippen LogP contribution in [0.4, 0.5) is 0 Å². The Morgan fingerprint density at radius 1 is 1.25 bits per heavy atom. The van der Waals surface area contributed by atoms with E-state index < -0.39 is 6.04 Å². The Bertz CT molecular complexity index is 716. The number of thiocarbonyl (C=S) groups is 1. The topological polar surface area (TPSA) is 75.9 Å². The molecule has 1 N–H and O–H groups in total. The fraction of sp³-hybridized carbons (Fsp3) is 0.438. The van der Waals surface area contributed by atoms with Crippen molar-refractivity contribution in [3.8, 4) is 0 Å². The number of nitrogens with zero attached hydrogens (tertiary/aromatic N) is 5. The van der Waals surface area contributed by atoms with Gasteiger partial charge in [-0.15, -0.1) is 5.10 Å². The van der Waals surface area contributed by atoms with E-state index >= 15 is 0 Å². The van der Waals surface area contributed by atoms with Gasteiger partial charge < -0.3 is 10.2 Å². The highest BCUT2D eigenvalue weighted by Crippen LogP contribution is 2.24. The van der Waals surface area contributed by atoms with Gasteiger partial charge in [-0.3, -0.25) is 4.79 Å². The van der Waals surface area contributed by atoms with Crippen molar-refractivity contribution in [2.45, 2.75) is 38.8 Å². The number of benzene rings is 1. The molecule has 7 nitrogen and oxygen atoms in total. The Morgan fingerprint density at radius 2 is 2.04 bits per heavy atom. The molecule has 1 amide bonds. The van der Waals surface area contributed by atoms with Gasteiger partial charge in [-0.05, 0) is 41.0 Å². The second-order valence-corrected chi connectivity index (χ2v) is 6.13. The zero-order chi connectivity index (χ0) is 16.9. The third-order valence-corrected chi connectivity index (χ3v) is 4.40. The van der Waals surface area contributed by atoms with Gasteiger partial charge in [0.1, 0.15) is 0 Å². The van der Waals surface area contributed by atoms with E-state index in [1.807, 2.05) is 23.1 Å². The first-order valence-corrected chi connectivity index (χ1v) is 8.53. The highest BCUT2D eigenvalue weighted by molar-refractivity contribution is 7.80. The lowest BCUT2D eigenvalue weighted by atomic mass is 10.1. The van der Waals surface area contributed by atoms with Gasteiger partial charge in [0.2, 0.25) is 0 Å². The Morgan fingerprint density at radius 3 is 2.79 bits per heavy atom. The lowest BCUT2D eigenvalue weighted by molar-refractivity contribution is -0.121. The number of aromatic nitrogens is 4. The standard InChI is InChI=1S/C16H20N6OS/c1-2-3-10-22-14(18-19-20-22)13-15(23)17-16(24)21(13)11-9-12-7-5-4-6-8-12/h4-8,13H,2-3,9-11H2,1H3,(H,17,23,24). The molecule has 3 rings (SSSR count). The lowest BCUT2D eigenvalue weighted by Gasteiger charge is -2.22. The van der Waals surface area contributed by atoms with E-state index in [2.05, 4.69) is 39.9 Å². The number of tetrazole rings is 1. The fourth-order valence-electron chi connectivity index (χ4n) is 2.76. The lowest BCUT2D eigenvalue weighted by Crippen LogP contribution is -2.33. The molecule has 1 saturated heterocycles. The SMILES string of the molecule is CCCCn1nnnc1C1C(=O)NC(=S)N1CCc1ccccc1. The van der Waals surface area contributed by atoms with Gasteiger partial charge in [-0.25, -0.2) is 4.68 Å². The third-order valence-electron chi connectivity index (χ3n) is 4.06. The number of unbranched alkanes of at least 4 members (excludes halogenated alkanes) is 1. The van der Waals surface area contributed by atoms with Crippen LogP contribution in [0, 0.1) is 0 Å². The van der Waals surface area contributed by atoms with E-state index in [0.717, 1.165) is 19.3 Å². The molecule has 1 fully saturated rings. The molecule has 2 heterocycles. The van der Waals surface area contributed by atoms with E-state index in [1.165, 1.54) is 5.56 Å². The minimum absolute atomic E-state index is 0.166. The summed E-state index contributed by atoms with van der Waals surface area (Å²) in [6, 6.07) is 9.56. The van der Waals surface area contributed by atoms with E-state index in [0.29, 0.717) is 24.0 Å². The van der Waals surface area contributed by atoms with Crippen LogP contribution in [0.5, 0.6) is 0 Å². The minimum atomic E-state index is -0.562. The first-order valence-electron chi connectivity index (χ1n) is 8.12. The minimum Gasteiger partial charge on any atom is -0.330 e. The molecule has 0 radical (unpaired) electrons. The fourth-order valence-corrected chi connectivity index (χ4v) is 3.06. The summed E-state index contributed by atoms with van der Waals surface area (Å²) in [5.74, 6) is 0.384. The first kappa shape index (κ1) is 16.5. The van der Waals surface area contributed by atoms with Crippen molar-refractivity contribution >= 4 is 23.2 Å². The molecule has 1 aromatic carbocycles. The Kier molecular flexibility index (Phi) is 5.14. The van der Waals surface area contributed by atoms with Crippen LogP contribution in [0.1, 0.15) is 37.2 Å². The zero-order valence-electron chi connectivity index (χ0n) is 13.6. The summed E-state index contributed by atoms with van der Waals surface area (Å²) in [7, 11) is 0. The maximum Gasteiger partial charge on any atom is 0.256 e. The van der Waals surface area contributed by atoms with Gasteiger partial charge in [0.05, 0.1) is 0 Å². The van der Waals surface area contributed by atoms with Crippen LogP contribution in [0.25, 0.3) is 0 Å². The molecular formula is C16H20N6OS. The average Bonchev–Trinajstić information content (AvgIpc) is 3.15. The largest absolute Gasteiger partial charge is 0.330 e. The highest BCUT2D eigenvalue weighted by atomic mass is 32.1. The molecule has 8 heteroatoms. The Balaban J connectivity index is 1.78. The van der Waals surface area contributed by atoms with Crippen LogP contribution in [-0.2, 0) is 17.8 Å². The van der Waals surface area contributed by atoms with Crippen molar-refractivity contribution in [3.05, 3.63) is 41.7 Å². The van der Waals surface area contributed by atoms with Crippen LogP contribution >= 0.6 is 12.2 Å². The normalized spacial score (nSPS) is 17.4. The third kappa shape index (κ3) is 3.43. The number of rotatable bonds is 7. The summed E-state index contributed by atoms with van der Waals surface area (Å²) in [6.07, 6.45) is 2.79. The monoisotopic (exact) mass is 344 g/mol.